The number of hydrogen-bond acceptors (Lipinski definition) is 4. The molecule has 0 fully saturated rings. The highest BCUT2D eigenvalue weighted by molar-refractivity contribution is 7.88. The fourth-order valence-corrected chi connectivity index (χ4v) is 3.89. The van der Waals surface area contributed by atoms with Crippen LogP contribution in [0.1, 0.15) is 21.1 Å². The minimum Gasteiger partial charge on any atom is -0.246 e. The van der Waals surface area contributed by atoms with E-state index in [9.17, 15) is 12.8 Å². The molecular formula is C14H17FN2O2S2. The van der Waals surface area contributed by atoms with E-state index in [1.807, 2.05) is 13.8 Å². The number of hydrogen-bond donors (Lipinski definition) is 1. The van der Waals surface area contributed by atoms with Crippen molar-refractivity contribution in [3.8, 4) is 0 Å². The maximum absolute atomic E-state index is 12.8. The number of nitrogens with one attached hydrogen (secondary N) is 1. The summed E-state index contributed by atoms with van der Waals surface area (Å²) in [5.41, 5.74) is 1.55. The number of benzene rings is 1. The van der Waals surface area contributed by atoms with Crippen LogP contribution in [-0.2, 0) is 22.2 Å². The molecule has 0 aliphatic carbocycles. The van der Waals surface area contributed by atoms with Gasteiger partial charge in [-0.25, -0.2) is 22.5 Å². The van der Waals surface area contributed by atoms with E-state index in [-0.39, 0.29) is 11.6 Å². The van der Waals surface area contributed by atoms with Crippen LogP contribution in [0.2, 0.25) is 0 Å². The predicted octanol–water partition coefficient (Wildman–Crippen LogP) is 2.56. The maximum Gasteiger partial charge on any atom is 0.215 e. The SMILES string of the molecule is Cc1nc(CCNS(=O)(=O)Cc2ccc(F)cc2)sc1C. The van der Waals surface area contributed by atoms with E-state index >= 15 is 0 Å². The lowest BCUT2D eigenvalue weighted by Gasteiger charge is -2.06. The van der Waals surface area contributed by atoms with Gasteiger partial charge < -0.3 is 0 Å². The minimum absolute atomic E-state index is 0.150. The van der Waals surface area contributed by atoms with Crippen LogP contribution in [0, 0.1) is 19.7 Å². The van der Waals surface area contributed by atoms with Crippen molar-refractivity contribution in [3.63, 3.8) is 0 Å². The van der Waals surface area contributed by atoms with Gasteiger partial charge in [-0.2, -0.15) is 0 Å². The van der Waals surface area contributed by atoms with Crippen molar-refractivity contribution in [2.75, 3.05) is 6.54 Å². The Morgan fingerprint density at radius 2 is 1.90 bits per heavy atom. The van der Waals surface area contributed by atoms with Gasteiger partial charge in [0.25, 0.3) is 0 Å². The number of thiazole rings is 1. The molecule has 2 rings (SSSR count). The van der Waals surface area contributed by atoms with Gasteiger partial charge in [0, 0.05) is 17.8 Å². The predicted molar refractivity (Wildman–Crippen MR) is 82.3 cm³/mol. The second-order valence-electron chi connectivity index (χ2n) is 4.78. The van der Waals surface area contributed by atoms with Gasteiger partial charge in [0.1, 0.15) is 5.82 Å². The highest BCUT2D eigenvalue weighted by atomic mass is 32.2. The molecule has 1 heterocycles. The molecule has 1 N–H and O–H groups in total. The fraction of sp³-hybridized carbons (Fsp3) is 0.357. The van der Waals surface area contributed by atoms with Gasteiger partial charge in [-0.15, -0.1) is 11.3 Å². The fourth-order valence-electron chi connectivity index (χ4n) is 1.81. The Labute approximate surface area is 128 Å². The first kappa shape index (κ1) is 16.1. The second-order valence-corrected chi connectivity index (χ2v) is 7.87. The molecule has 4 nitrogen and oxygen atoms in total. The van der Waals surface area contributed by atoms with E-state index in [2.05, 4.69) is 9.71 Å². The van der Waals surface area contributed by atoms with Gasteiger partial charge in [-0.1, -0.05) is 12.1 Å². The van der Waals surface area contributed by atoms with Gasteiger partial charge in [-0.05, 0) is 31.5 Å². The Hall–Kier alpha value is -1.31. The topological polar surface area (TPSA) is 59.1 Å². The molecule has 0 atom stereocenters. The molecule has 0 radical (unpaired) electrons. The molecule has 0 aliphatic rings. The Bertz CT molecular complexity index is 690. The summed E-state index contributed by atoms with van der Waals surface area (Å²) in [7, 11) is -3.42. The molecule has 7 heteroatoms. The van der Waals surface area contributed by atoms with E-state index in [0.717, 1.165) is 15.6 Å². The van der Waals surface area contributed by atoms with Crippen LogP contribution < -0.4 is 4.72 Å². The van der Waals surface area contributed by atoms with Gasteiger partial charge in [0.15, 0.2) is 0 Å². The minimum atomic E-state index is -3.42. The van der Waals surface area contributed by atoms with Crippen molar-refractivity contribution in [3.05, 3.63) is 51.2 Å². The lowest BCUT2D eigenvalue weighted by Crippen LogP contribution is -2.27. The summed E-state index contributed by atoms with van der Waals surface area (Å²) in [6.45, 7) is 4.25. The van der Waals surface area contributed by atoms with Crippen molar-refractivity contribution in [2.24, 2.45) is 0 Å². The molecule has 2 aromatic rings. The van der Waals surface area contributed by atoms with Crippen molar-refractivity contribution in [2.45, 2.75) is 26.0 Å². The zero-order valence-electron chi connectivity index (χ0n) is 11.9. The van der Waals surface area contributed by atoms with Crippen molar-refractivity contribution >= 4 is 21.4 Å². The Kier molecular flexibility index (Phi) is 5.08. The first-order chi connectivity index (χ1) is 9.85. The highest BCUT2D eigenvalue weighted by Crippen LogP contribution is 2.16. The monoisotopic (exact) mass is 328 g/mol. The second kappa shape index (κ2) is 6.64. The number of aryl methyl sites for hydroxylation is 2. The van der Waals surface area contributed by atoms with Crippen LogP contribution in [-0.4, -0.2) is 19.9 Å². The smallest absolute Gasteiger partial charge is 0.215 e. The van der Waals surface area contributed by atoms with Crippen molar-refractivity contribution < 1.29 is 12.8 Å². The third-order valence-corrected chi connectivity index (χ3v) is 5.49. The van der Waals surface area contributed by atoms with E-state index in [1.165, 1.54) is 24.3 Å². The molecular weight excluding hydrogens is 311 g/mol. The van der Waals surface area contributed by atoms with E-state index in [1.54, 1.807) is 11.3 Å². The summed E-state index contributed by atoms with van der Waals surface area (Å²) >= 11 is 1.58. The molecule has 0 bridgehead atoms. The molecule has 0 unspecified atom stereocenters. The van der Waals surface area contributed by atoms with Crippen molar-refractivity contribution in [1.29, 1.82) is 0 Å². The molecule has 0 spiro atoms. The maximum atomic E-state index is 12.8. The Balaban J connectivity index is 1.87. The van der Waals surface area contributed by atoms with Crippen molar-refractivity contribution in [1.82, 2.24) is 9.71 Å². The van der Waals surface area contributed by atoms with Crippen LogP contribution in [0.4, 0.5) is 4.39 Å². The summed E-state index contributed by atoms with van der Waals surface area (Å²) in [5, 5.41) is 0.925. The molecule has 0 amide bonds. The summed E-state index contributed by atoms with van der Waals surface area (Å²) in [6, 6.07) is 5.46. The van der Waals surface area contributed by atoms with Crippen LogP contribution in [0.5, 0.6) is 0 Å². The van der Waals surface area contributed by atoms with E-state index in [0.29, 0.717) is 18.5 Å². The zero-order valence-corrected chi connectivity index (χ0v) is 13.5. The zero-order chi connectivity index (χ0) is 15.5. The standard InChI is InChI=1S/C14H17FN2O2S2/c1-10-11(2)20-14(17-10)7-8-16-21(18,19)9-12-3-5-13(15)6-4-12/h3-6,16H,7-9H2,1-2H3. The average Bonchev–Trinajstić information content (AvgIpc) is 2.71. The van der Waals surface area contributed by atoms with Crippen LogP contribution in [0.3, 0.4) is 0 Å². The molecule has 0 saturated heterocycles. The van der Waals surface area contributed by atoms with Crippen LogP contribution in [0.25, 0.3) is 0 Å². The number of aromatic nitrogens is 1. The summed E-state index contributed by atoms with van der Waals surface area (Å²) in [4.78, 5) is 5.52. The Morgan fingerprint density at radius 1 is 1.24 bits per heavy atom. The third-order valence-electron chi connectivity index (χ3n) is 3.00. The van der Waals surface area contributed by atoms with E-state index in [4.69, 9.17) is 0 Å². The molecule has 1 aromatic heterocycles. The molecule has 1 aromatic carbocycles. The summed E-state index contributed by atoms with van der Waals surface area (Å²) in [5.74, 6) is -0.526. The van der Waals surface area contributed by atoms with Gasteiger partial charge in [0.2, 0.25) is 10.0 Å². The van der Waals surface area contributed by atoms with Gasteiger partial charge >= 0.3 is 0 Å². The third kappa shape index (κ3) is 4.87. The largest absolute Gasteiger partial charge is 0.246 e. The first-order valence-electron chi connectivity index (χ1n) is 6.50. The molecule has 114 valence electrons. The summed E-state index contributed by atoms with van der Waals surface area (Å²) < 4.78 is 39.2. The quantitative estimate of drug-likeness (QED) is 0.886. The first-order valence-corrected chi connectivity index (χ1v) is 8.97. The number of nitrogens with zero attached hydrogens (tertiary/aromatic N) is 1. The molecule has 0 aliphatic heterocycles. The number of rotatable bonds is 6. The molecule has 0 saturated carbocycles. The van der Waals surface area contributed by atoms with Crippen LogP contribution in [0.15, 0.2) is 24.3 Å². The lowest BCUT2D eigenvalue weighted by atomic mass is 10.2. The van der Waals surface area contributed by atoms with Gasteiger partial charge in [0.05, 0.1) is 16.5 Å². The summed E-state index contributed by atoms with van der Waals surface area (Å²) in [6.07, 6.45) is 0.571. The normalized spacial score (nSPS) is 11.8. The number of sulfonamides is 1. The average molecular weight is 328 g/mol. The Morgan fingerprint density at radius 3 is 2.48 bits per heavy atom. The van der Waals surface area contributed by atoms with Crippen LogP contribution >= 0.6 is 11.3 Å². The lowest BCUT2D eigenvalue weighted by molar-refractivity contribution is 0.580. The van der Waals surface area contributed by atoms with Gasteiger partial charge in [-0.3, -0.25) is 0 Å². The highest BCUT2D eigenvalue weighted by Gasteiger charge is 2.12. The van der Waals surface area contributed by atoms with E-state index < -0.39 is 10.0 Å². The number of halogens is 1. The molecule has 21 heavy (non-hydrogen) atoms.